The first-order valence-corrected chi connectivity index (χ1v) is 9.44. The van der Waals surface area contributed by atoms with E-state index in [-0.39, 0.29) is 5.56 Å². The first-order valence-electron chi connectivity index (χ1n) is 9.44. The Balaban J connectivity index is 1.83. The second-order valence-electron chi connectivity index (χ2n) is 7.39. The van der Waals surface area contributed by atoms with Crippen LogP contribution in [0.5, 0.6) is 0 Å². The highest BCUT2D eigenvalue weighted by Crippen LogP contribution is 2.39. The van der Waals surface area contributed by atoms with Crippen LogP contribution in [-0.4, -0.2) is 21.4 Å². The van der Waals surface area contributed by atoms with Crippen molar-refractivity contribution in [1.29, 1.82) is 0 Å². The highest BCUT2D eigenvalue weighted by atomic mass is 19.4. The van der Waals surface area contributed by atoms with Crippen molar-refractivity contribution >= 4 is 5.84 Å². The van der Waals surface area contributed by atoms with Gasteiger partial charge in [0.05, 0.1) is 6.04 Å². The highest BCUT2D eigenvalue weighted by Gasteiger charge is 2.46. The van der Waals surface area contributed by atoms with Gasteiger partial charge >= 0.3 is 6.18 Å². The van der Waals surface area contributed by atoms with Crippen LogP contribution in [0.25, 0.3) is 0 Å². The van der Waals surface area contributed by atoms with Gasteiger partial charge in [-0.3, -0.25) is 14.8 Å². The number of aryl methyl sites for hydroxylation is 1. The summed E-state index contributed by atoms with van der Waals surface area (Å²) in [4.78, 5) is 20.0. The molecule has 0 radical (unpaired) electrons. The van der Waals surface area contributed by atoms with E-state index >= 15 is 0 Å². The number of hydrogen-bond donors (Lipinski definition) is 1. The summed E-state index contributed by atoms with van der Waals surface area (Å²) in [5, 5.41) is 3.32. The molecular formula is C22H18F4N4O. The molecule has 1 aliphatic heterocycles. The van der Waals surface area contributed by atoms with Gasteiger partial charge in [0, 0.05) is 36.6 Å². The fourth-order valence-corrected chi connectivity index (χ4v) is 3.80. The van der Waals surface area contributed by atoms with Crippen molar-refractivity contribution in [2.24, 2.45) is 12.0 Å². The van der Waals surface area contributed by atoms with E-state index < -0.39 is 29.3 Å². The number of hydrogen-bond acceptors (Lipinski definition) is 4. The molecule has 0 fully saturated rings. The number of pyridine rings is 2. The van der Waals surface area contributed by atoms with E-state index in [4.69, 9.17) is 0 Å². The van der Waals surface area contributed by atoms with Gasteiger partial charge in [0.15, 0.2) is 0 Å². The number of amidine groups is 1. The molecule has 0 amide bonds. The molecule has 1 aliphatic rings. The molecule has 4 rings (SSSR count). The van der Waals surface area contributed by atoms with Gasteiger partial charge in [-0.05, 0) is 36.8 Å². The lowest BCUT2D eigenvalue weighted by Gasteiger charge is -2.35. The molecule has 160 valence electrons. The minimum absolute atomic E-state index is 0.188. The van der Waals surface area contributed by atoms with Crippen LogP contribution in [0.4, 0.5) is 17.6 Å². The molecule has 5 nitrogen and oxygen atoms in total. The second kappa shape index (κ2) is 7.33. The monoisotopic (exact) mass is 430 g/mol. The van der Waals surface area contributed by atoms with E-state index in [1.54, 1.807) is 31.4 Å². The fourth-order valence-electron chi connectivity index (χ4n) is 3.80. The summed E-state index contributed by atoms with van der Waals surface area (Å²) in [6, 6.07) is 10.5. The van der Waals surface area contributed by atoms with Crippen molar-refractivity contribution in [2.75, 3.05) is 0 Å². The average Bonchev–Trinajstić information content (AvgIpc) is 3.08. The van der Waals surface area contributed by atoms with Gasteiger partial charge in [-0.25, -0.2) is 4.39 Å². The topological polar surface area (TPSA) is 59.3 Å². The molecule has 2 aromatic heterocycles. The van der Waals surface area contributed by atoms with Gasteiger partial charge < -0.3 is 9.88 Å². The van der Waals surface area contributed by atoms with E-state index in [0.29, 0.717) is 22.5 Å². The van der Waals surface area contributed by atoms with Gasteiger partial charge in [0.1, 0.15) is 22.9 Å². The van der Waals surface area contributed by atoms with Crippen molar-refractivity contribution in [1.82, 2.24) is 14.9 Å². The Morgan fingerprint density at radius 1 is 1.03 bits per heavy atom. The Morgan fingerprint density at radius 3 is 2.29 bits per heavy atom. The number of alkyl halides is 3. The molecule has 3 heterocycles. The van der Waals surface area contributed by atoms with Crippen LogP contribution in [0.1, 0.15) is 29.3 Å². The molecule has 0 saturated heterocycles. The number of aromatic nitrogens is 2. The third-order valence-corrected chi connectivity index (χ3v) is 5.43. The number of benzene rings is 1. The molecular weight excluding hydrogens is 412 g/mol. The van der Waals surface area contributed by atoms with Crippen LogP contribution in [0, 0.1) is 5.82 Å². The largest absolute Gasteiger partial charge is 0.433 e. The average molecular weight is 430 g/mol. The van der Waals surface area contributed by atoms with Crippen molar-refractivity contribution in [3.63, 3.8) is 0 Å². The standard InChI is InChI=1S/C22H18F4N4O/c1-13-21(15-4-7-17(23)8-5-15,16-6-9-18(27-11-16)22(24,25)26)29-20(28-13)14-3-10-19(31)30(2)12-14/h3-13H,1-2H3,(H,28,29)/t13-,21+/m0/s1. The smallest absolute Gasteiger partial charge is 0.354 e. The molecule has 9 heteroatoms. The maximum Gasteiger partial charge on any atom is 0.433 e. The normalized spacial score (nSPS) is 21.0. The van der Waals surface area contributed by atoms with E-state index in [1.165, 1.54) is 28.8 Å². The number of nitrogens with zero attached hydrogens (tertiary/aromatic N) is 3. The fraction of sp³-hybridized carbons (Fsp3) is 0.227. The second-order valence-corrected chi connectivity index (χ2v) is 7.39. The molecule has 0 unspecified atom stereocenters. The summed E-state index contributed by atoms with van der Waals surface area (Å²) in [5.74, 6) is 0.0293. The molecule has 0 saturated carbocycles. The molecule has 31 heavy (non-hydrogen) atoms. The van der Waals surface area contributed by atoms with Crippen LogP contribution < -0.4 is 10.9 Å². The Hall–Kier alpha value is -3.49. The van der Waals surface area contributed by atoms with E-state index in [9.17, 15) is 22.4 Å². The SMILES string of the molecule is C[C@@H]1N=C(c2ccc(=O)n(C)c2)N[C@]1(c1ccc(F)cc1)c1ccc(C(F)(F)F)nc1. The third kappa shape index (κ3) is 3.60. The summed E-state index contributed by atoms with van der Waals surface area (Å²) < 4.78 is 54.1. The maximum atomic E-state index is 13.6. The molecule has 0 spiro atoms. The van der Waals surface area contributed by atoms with E-state index in [0.717, 1.165) is 12.3 Å². The number of halogens is 4. The predicted octanol–water partition coefficient (Wildman–Crippen LogP) is 3.62. The van der Waals surface area contributed by atoms with Gasteiger partial charge in [-0.15, -0.1) is 0 Å². The number of rotatable bonds is 3. The van der Waals surface area contributed by atoms with Crippen LogP contribution >= 0.6 is 0 Å². The van der Waals surface area contributed by atoms with Gasteiger partial charge in [-0.1, -0.05) is 18.2 Å². The first-order chi connectivity index (χ1) is 14.6. The Morgan fingerprint density at radius 2 is 1.71 bits per heavy atom. The molecule has 1 aromatic carbocycles. The van der Waals surface area contributed by atoms with Crippen LogP contribution in [0.3, 0.4) is 0 Å². The lowest BCUT2D eigenvalue weighted by Crippen LogP contribution is -2.48. The minimum atomic E-state index is -4.56. The lowest BCUT2D eigenvalue weighted by molar-refractivity contribution is -0.141. The van der Waals surface area contributed by atoms with Crippen LogP contribution in [0.2, 0.25) is 0 Å². The number of nitrogens with one attached hydrogen (secondary N) is 1. The quantitative estimate of drug-likeness (QED) is 0.646. The van der Waals surface area contributed by atoms with E-state index in [2.05, 4.69) is 15.3 Å². The lowest BCUT2D eigenvalue weighted by atomic mass is 9.79. The zero-order valence-corrected chi connectivity index (χ0v) is 16.6. The predicted molar refractivity (Wildman–Crippen MR) is 107 cm³/mol. The molecule has 0 aliphatic carbocycles. The molecule has 0 bridgehead atoms. The highest BCUT2D eigenvalue weighted by molar-refractivity contribution is 6.01. The summed E-state index contributed by atoms with van der Waals surface area (Å²) in [6.45, 7) is 1.81. The number of aliphatic imine (C=N–C) groups is 1. The van der Waals surface area contributed by atoms with Crippen LogP contribution in [-0.2, 0) is 18.8 Å². The Bertz CT molecular complexity index is 1200. The maximum absolute atomic E-state index is 13.6. The Kier molecular flexibility index (Phi) is 4.91. The first kappa shape index (κ1) is 20.8. The van der Waals surface area contributed by atoms with Gasteiger partial charge in [-0.2, -0.15) is 13.2 Å². The summed E-state index contributed by atoms with van der Waals surface area (Å²) in [5.41, 5.74) is -0.565. The third-order valence-electron chi connectivity index (χ3n) is 5.43. The van der Waals surface area contributed by atoms with Crippen molar-refractivity contribution in [3.8, 4) is 0 Å². The molecule has 1 N–H and O–H groups in total. The minimum Gasteiger partial charge on any atom is -0.354 e. The van der Waals surface area contributed by atoms with Gasteiger partial charge in [0.2, 0.25) is 5.56 Å². The van der Waals surface area contributed by atoms with Crippen molar-refractivity contribution < 1.29 is 17.6 Å². The zero-order valence-electron chi connectivity index (χ0n) is 16.6. The van der Waals surface area contributed by atoms with Crippen LogP contribution in [0.15, 0.2) is 70.7 Å². The van der Waals surface area contributed by atoms with Crippen molar-refractivity contribution in [2.45, 2.75) is 24.7 Å². The zero-order chi connectivity index (χ0) is 22.4. The van der Waals surface area contributed by atoms with Gasteiger partial charge in [0.25, 0.3) is 0 Å². The molecule has 3 aromatic rings. The molecule has 2 atom stereocenters. The summed E-state index contributed by atoms with van der Waals surface area (Å²) in [6.07, 6.45) is -1.78. The summed E-state index contributed by atoms with van der Waals surface area (Å²) >= 11 is 0. The Labute approximate surface area is 175 Å². The van der Waals surface area contributed by atoms with E-state index in [1.807, 2.05) is 6.92 Å². The summed E-state index contributed by atoms with van der Waals surface area (Å²) in [7, 11) is 1.61. The van der Waals surface area contributed by atoms with Crippen molar-refractivity contribution in [3.05, 3.63) is 99.5 Å².